The second-order valence-electron chi connectivity index (χ2n) is 3.58. The first-order valence-electron chi connectivity index (χ1n) is 5.01. The molecule has 0 saturated heterocycles. The number of aryl methyl sites for hydroxylation is 1. The number of rotatable bonds is 5. The number of nitrogens with one attached hydrogen (secondary N) is 2. The van der Waals surface area contributed by atoms with Crippen LogP contribution in [-0.2, 0) is 4.74 Å². The molecule has 1 aromatic rings. The fourth-order valence-corrected chi connectivity index (χ4v) is 1.13. The molecule has 0 radical (unpaired) electrons. The summed E-state index contributed by atoms with van der Waals surface area (Å²) in [4.78, 5) is 11.5. The van der Waals surface area contributed by atoms with Crippen molar-refractivity contribution in [2.24, 2.45) is 0 Å². The summed E-state index contributed by atoms with van der Waals surface area (Å²) in [5.74, 6) is -0.117. The predicted molar refractivity (Wildman–Crippen MR) is 56.7 cm³/mol. The van der Waals surface area contributed by atoms with Gasteiger partial charge in [-0.3, -0.25) is 9.89 Å². The first-order valence-corrected chi connectivity index (χ1v) is 5.01. The number of hydrogen-bond donors (Lipinski definition) is 2. The highest BCUT2D eigenvalue weighted by Crippen LogP contribution is 2.01. The third kappa shape index (κ3) is 3.71. The van der Waals surface area contributed by atoms with Gasteiger partial charge in [-0.05, 0) is 20.8 Å². The summed E-state index contributed by atoms with van der Waals surface area (Å²) in [6.07, 6.45) is 1.71. The molecule has 1 amide bonds. The lowest BCUT2D eigenvalue weighted by atomic mass is 10.2. The average molecular weight is 211 g/mol. The number of H-pyrrole nitrogens is 1. The number of hydrogen-bond acceptors (Lipinski definition) is 3. The van der Waals surface area contributed by atoms with Gasteiger partial charge in [0.1, 0.15) is 0 Å². The molecule has 0 aromatic carbocycles. The van der Waals surface area contributed by atoms with E-state index in [1.807, 2.05) is 20.8 Å². The lowest BCUT2D eigenvalue weighted by Crippen LogP contribution is -2.28. The normalized spacial score (nSPS) is 10.7. The fraction of sp³-hybridized carbons (Fsp3) is 0.600. The van der Waals surface area contributed by atoms with Crippen LogP contribution in [-0.4, -0.2) is 35.4 Å². The number of amides is 1. The second-order valence-corrected chi connectivity index (χ2v) is 3.58. The van der Waals surface area contributed by atoms with Crippen LogP contribution in [0.2, 0.25) is 0 Å². The Kier molecular flexibility index (Phi) is 4.30. The molecule has 5 heteroatoms. The Morgan fingerprint density at radius 2 is 2.40 bits per heavy atom. The Labute approximate surface area is 89.2 Å². The quantitative estimate of drug-likeness (QED) is 0.710. The molecule has 0 unspecified atom stereocenters. The van der Waals surface area contributed by atoms with Crippen molar-refractivity contribution in [2.45, 2.75) is 26.9 Å². The third-order valence-electron chi connectivity index (χ3n) is 1.91. The van der Waals surface area contributed by atoms with Crippen LogP contribution in [0.15, 0.2) is 6.20 Å². The zero-order valence-corrected chi connectivity index (χ0v) is 9.33. The van der Waals surface area contributed by atoms with Crippen molar-refractivity contribution >= 4 is 5.91 Å². The van der Waals surface area contributed by atoms with Crippen LogP contribution in [0.4, 0.5) is 0 Å². The number of aromatic nitrogens is 2. The molecule has 0 spiro atoms. The number of carbonyl (C=O) groups excluding carboxylic acids is 1. The van der Waals surface area contributed by atoms with E-state index in [0.717, 1.165) is 5.69 Å². The summed E-state index contributed by atoms with van der Waals surface area (Å²) in [6, 6.07) is 0. The molecule has 2 N–H and O–H groups in total. The molecule has 0 aliphatic heterocycles. The maximum Gasteiger partial charge on any atom is 0.254 e. The van der Waals surface area contributed by atoms with E-state index in [2.05, 4.69) is 15.5 Å². The average Bonchev–Trinajstić information content (AvgIpc) is 2.58. The molecule has 1 rings (SSSR count). The van der Waals surface area contributed by atoms with Crippen LogP contribution >= 0.6 is 0 Å². The van der Waals surface area contributed by atoms with Gasteiger partial charge in [-0.1, -0.05) is 0 Å². The molecule has 0 bridgehead atoms. The van der Waals surface area contributed by atoms with E-state index < -0.39 is 0 Å². The summed E-state index contributed by atoms with van der Waals surface area (Å²) < 4.78 is 5.30. The molecule has 0 aliphatic carbocycles. The molecule has 1 heterocycles. The van der Waals surface area contributed by atoms with Crippen LogP contribution in [0.1, 0.15) is 29.9 Å². The zero-order valence-electron chi connectivity index (χ0n) is 9.33. The molecule has 5 nitrogen and oxygen atoms in total. The summed E-state index contributed by atoms with van der Waals surface area (Å²) in [5.41, 5.74) is 1.36. The highest BCUT2D eigenvalue weighted by atomic mass is 16.5. The van der Waals surface area contributed by atoms with Crippen LogP contribution in [0.3, 0.4) is 0 Å². The maximum atomic E-state index is 11.5. The van der Waals surface area contributed by atoms with Crippen molar-refractivity contribution in [1.82, 2.24) is 15.5 Å². The topological polar surface area (TPSA) is 67.0 Å². The minimum atomic E-state index is -0.117. The van der Waals surface area contributed by atoms with Gasteiger partial charge in [0.25, 0.3) is 5.91 Å². The Morgan fingerprint density at radius 1 is 1.67 bits per heavy atom. The largest absolute Gasteiger partial charge is 0.377 e. The monoisotopic (exact) mass is 211 g/mol. The lowest BCUT2D eigenvalue weighted by Gasteiger charge is -2.08. The molecule has 1 aromatic heterocycles. The third-order valence-corrected chi connectivity index (χ3v) is 1.91. The Morgan fingerprint density at radius 3 is 2.93 bits per heavy atom. The van der Waals surface area contributed by atoms with E-state index in [4.69, 9.17) is 4.74 Å². The number of aromatic amines is 1. The van der Waals surface area contributed by atoms with Crippen LogP contribution in [0.5, 0.6) is 0 Å². The van der Waals surface area contributed by atoms with Gasteiger partial charge >= 0.3 is 0 Å². The van der Waals surface area contributed by atoms with Crippen LogP contribution < -0.4 is 5.32 Å². The van der Waals surface area contributed by atoms with Gasteiger partial charge in [0.2, 0.25) is 0 Å². The molecular formula is C10H17N3O2. The Hall–Kier alpha value is -1.36. The van der Waals surface area contributed by atoms with E-state index in [1.54, 1.807) is 0 Å². The Bertz CT molecular complexity index is 320. The van der Waals surface area contributed by atoms with Crippen molar-refractivity contribution < 1.29 is 9.53 Å². The van der Waals surface area contributed by atoms with Crippen molar-refractivity contribution in [3.05, 3.63) is 17.5 Å². The zero-order chi connectivity index (χ0) is 11.3. The van der Waals surface area contributed by atoms with E-state index in [9.17, 15) is 4.79 Å². The number of nitrogens with zero attached hydrogens (tertiary/aromatic N) is 1. The van der Waals surface area contributed by atoms with Gasteiger partial charge in [-0.25, -0.2) is 0 Å². The van der Waals surface area contributed by atoms with E-state index in [-0.39, 0.29) is 12.0 Å². The van der Waals surface area contributed by atoms with Gasteiger partial charge < -0.3 is 10.1 Å². The smallest absolute Gasteiger partial charge is 0.254 e. The van der Waals surface area contributed by atoms with Crippen molar-refractivity contribution in [2.75, 3.05) is 13.2 Å². The van der Waals surface area contributed by atoms with Crippen LogP contribution in [0, 0.1) is 6.92 Å². The standard InChI is InChI=1S/C10H17N3O2/c1-7(2)15-5-4-11-10(14)9-6-12-13-8(9)3/h6-7H,4-5H2,1-3H3,(H,11,14)(H,12,13). The summed E-state index contributed by atoms with van der Waals surface area (Å²) >= 11 is 0. The molecule has 0 fully saturated rings. The maximum absolute atomic E-state index is 11.5. The summed E-state index contributed by atoms with van der Waals surface area (Å²) in [6.45, 7) is 6.78. The van der Waals surface area contributed by atoms with Crippen molar-refractivity contribution in [3.8, 4) is 0 Å². The second kappa shape index (κ2) is 5.50. The van der Waals surface area contributed by atoms with Gasteiger partial charge in [-0.2, -0.15) is 5.10 Å². The van der Waals surface area contributed by atoms with E-state index in [0.29, 0.717) is 18.7 Å². The minimum absolute atomic E-state index is 0.117. The number of carbonyl (C=O) groups is 1. The van der Waals surface area contributed by atoms with Gasteiger partial charge in [0, 0.05) is 12.2 Å². The summed E-state index contributed by atoms with van der Waals surface area (Å²) in [5, 5.41) is 9.26. The summed E-state index contributed by atoms with van der Waals surface area (Å²) in [7, 11) is 0. The van der Waals surface area contributed by atoms with Gasteiger partial charge in [0.05, 0.1) is 24.5 Å². The SMILES string of the molecule is Cc1[nH]ncc1C(=O)NCCOC(C)C. The van der Waals surface area contributed by atoms with E-state index >= 15 is 0 Å². The number of ether oxygens (including phenoxy) is 1. The molecule has 15 heavy (non-hydrogen) atoms. The molecule has 0 aliphatic rings. The Balaban J connectivity index is 2.28. The lowest BCUT2D eigenvalue weighted by molar-refractivity contribution is 0.0746. The highest BCUT2D eigenvalue weighted by molar-refractivity contribution is 5.94. The van der Waals surface area contributed by atoms with Crippen molar-refractivity contribution in [3.63, 3.8) is 0 Å². The molecule has 0 saturated carbocycles. The first-order chi connectivity index (χ1) is 7.11. The minimum Gasteiger partial charge on any atom is -0.377 e. The molecule has 0 atom stereocenters. The van der Waals surface area contributed by atoms with Gasteiger partial charge in [-0.15, -0.1) is 0 Å². The van der Waals surface area contributed by atoms with E-state index in [1.165, 1.54) is 6.20 Å². The molecule has 84 valence electrons. The van der Waals surface area contributed by atoms with Gasteiger partial charge in [0.15, 0.2) is 0 Å². The van der Waals surface area contributed by atoms with Crippen molar-refractivity contribution in [1.29, 1.82) is 0 Å². The fourth-order valence-electron chi connectivity index (χ4n) is 1.13. The first kappa shape index (κ1) is 11.7. The molecular weight excluding hydrogens is 194 g/mol. The predicted octanol–water partition coefficient (Wildman–Crippen LogP) is 0.873. The van der Waals surface area contributed by atoms with Crippen LogP contribution in [0.25, 0.3) is 0 Å². The highest BCUT2D eigenvalue weighted by Gasteiger charge is 2.09.